The van der Waals surface area contributed by atoms with Crippen molar-refractivity contribution >= 4 is 5.97 Å². The summed E-state index contributed by atoms with van der Waals surface area (Å²) >= 11 is 0. The van der Waals surface area contributed by atoms with Gasteiger partial charge in [0.1, 0.15) is 0 Å². The molecule has 0 aromatic carbocycles. The lowest BCUT2D eigenvalue weighted by Crippen LogP contribution is -2.05. The number of allylic oxidation sites excluding steroid dienone is 4. The van der Waals surface area contributed by atoms with Gasteiger partial charge in [-0.25, -0.2) is 0 Å². The summed E-state index contributed by atoms with van der Waals surface area (Å²) in [5.74, 6) is 0.00494. The fraction of sp³-hybridized carbons (Fsp3) is 0.833. The first kappa shape index (κ1) is 30.9. The maximum Gasteiger partial charge on any atom is 0.305 e. The summed E-state index contributed by atoms with van der Waals surface area (Å²) in [5, 5.41) is 0. The van der Waals surface area contributed by atoms with Crippen LogP contribution in [0.25, 0.3) is 0 Å². The van der Waals surface area contributed by atoms with Crippen molar-refractivity contribution in [1.29, 1.82) is 0 Å². The summed E-state index contributed by atoms with van der Waals surface area (Å²) in [7, 11) is 0. The molecule has 0 radical (unpaired) electrons. The van der Waals surface area contributed by atoms with E-state index in [0.29, 0.717) is 13.0 Å². The molecule has 0 unspecified atom stereocenters. The van der Waals surface area contributed by atoms with Gasteiger partial charge in [0.05, 0.1) is 6.61 Å². The quantitative estimate of drug-likeness (QED) is 0.0788. The SMILES string of the molecule is CCCC/C=C\CCCCCCCC(=O)OCCCCCCCC/C=C/CCCCCC. The molecule has 0 aromatic heterocycles. The van der Waals surface area contributed by atoms with Crippen LogP contribution in [0.15, 0.2) is 24.3 Å². The molecule has 0 heterocycles. The van der Waals surface area contributed by atoms with Gasteiger partial charge in [-0.15, -0.1) is 0 Å². The van der Waals surface area contributed by atoms with E-state index in [0.717, 1.165) is 19.3 Å². The van der Waals surface area contributed by atoms with Crippen LogP contribution in [-0.4, -0.2) is 12.6 Å². The lowest BCUT2D eigenvalue weighted by molar-refractivity contribution is -0.143. The highest BCUT2D eigenvalue weighted by atomic mass is 16.5. The molecular weight excluding hydrogens is 392 g/mol. The van der Waals surface area contributed by atoms with Gasteiger partial charge >= 0.3 is 5.97 Å². The highest BCUT2D eigenvalue weighted by molar-refractivity contribution is 5.69. The van der Waals surface area contributed by atoms with Crippen LogP contribution >= 0.6 is 0 Å². The zero-order valence-electron chi connectivity index (χ0n) is 21.9. The Balaban J connectivity index is 3.22. The molecule has 0 aliphatic rings. The van der Waals surface area contributed by atoms with Gasteiger partial charge < -0.3 is 4.74 Å². The predicted octanol–water partition coefficient (Wildman–Crippen LogP) is 10.3. The van der Waals surface area contributed by atoms with Gasteiger partial charge in [-0.3, -0.25) is 4.79 Å². The first-order chi connectivity index (χ1) is 15.8. The van der Waals surface area contributed by atoms with E-state index < -0.39 is 0 Å². The van der Waals surface area contributed by atoms with Crippen LogP contribution < -0.4 is 0 Å². The van der Waals surface area contributed by atoms with Crippen molar-refractivity contribution in [2.45, 2.75) is 155 Å². The molecule has 0 spiro atoms. The van der Waals surface area contributed by atoms with E-state index in [-0.39, 0.29) is 5.97 Å². The van der Waals surface area contributed by atoms with Crippen molar-refractivity contribution in [3.8, 4) is 0 Å². The van der Waals surface area contributed by atoms with Crippen LogP contribution in [0.5, 0.6) is 0 Å². The minimum Gasteiger partial charge on any atom is -0.466 e. The predicted molar refractivity (Wildman–Crippen MR) is 142 cm³/mol. The molecule has 0 aliphatic carbocycles. The monoisotopic (exact) mass is 448 g/mol. The van der Waals surface area contributed by atoms with Crippen LogP contribution in [0.2, 0.25) is 0 Å². The lowest BCUT2D eigenvalue weighted by Gasteiger charge is -2.05. The lowest BCUT2D eigenvalue weighted by atomic mass is 10.1. The first-order valence-electron chi connectivity index (χ1n) is 14.3. The third-order valence-electron chi connectivity index (χ3n) is 6.06. The van der Waals surface area contributed by atoms with Gasteiger partial charge in [0, 0.05) is 6.42 Å². The molecular formula is C30H56O2. The number of hydrogen-bond donors (Lipinski definition) is 0. The van der Waals surface area contributed by atoms with Crippen LogP contribution in [0.4, 0.5) is 0 Å². The first-order valence-corrected chi connectivity index (χ1v) is 14.3. The molecule has 0 bridgehead atoms. The minimum atomic E-state index is 0.00494. The molecule has 0 atom stereocenters. The number of unbranched alkanes of at least 4 members (excludes halogenated alkanes) is 17. The molecule has 32 heavy (non-hydrogen) atoms. The normalized spacial score (nSPS) is 11.7. The fourth-order valence-electron chi connectivity index (χ4n) is 3.87. The number of hydrogen-bond acceptors (Lipinski definition) is 2. The summed E-state index contributed by atoms with van der Waals surface area (Å²) in [5.41, 5.74) is 0. The topological polar surface area (TPSA) is 26.3 Å². The second-order valence-electron chi connectivity index (χ2n) is 9.37. The van der Waals surface area contributed by atoms with Crippen molar-refractivity contribution in [2.75, 3.05) is 6.61 Å². The smallest absolute Gasteiger partial charge is 0.305 e. The molecule has 0 aromatic rings. The third kappa shape index (κ3) is 27.0. The molecule has 188 valence electrons. The summed E-state index contributed by atoms with van der Waals surface area (Å²) in [6, 6.07) is 0. The minimum absolute atomic E-state index is 0.00494. The van der Waals surface area contributed by atoms with Gasteiger partial charge in [0.15, 0.2) is 0 Å². The summed E-state index contributed by atoms with van der Waals surface area (Å²) < 4.78 is 5.38. The number of rotatable bonds is 25. The van der Waals surface area contributed by atoms with Gasteiger partial charge in [0.25, 0.3) is 0 Å². The van der Waals surface area contributed by atoms with Gasteiger partial charge in [-0.05, 0) is 57.8 Å². The average molecular weight is 449 g/mol. The molecule has 0 rings (SSSR count). The van der Waals surface area contributed by atoms with E-state index in [1.54, 1.807) is 0 Å². The molecule has 0 aliphatic heterocycles. The van der Waals surface area contributed by atoms with Gasteiger partial charge in [-0.2, -0.15) is 0 Å². The highest BCUT2D eigenvalue weighted by Gasteiger charge is 2.02. The van der Waals surface area contributed by atoms with E-state index in [4.69, 9.17) is 4.74 Å². The summed E-state index contributed by atoms with van der Waals surface area (Å²) in [6.45, 7) is 5.12. The molecule has 0 saturated heterocycles. The third-order valence-corrected chi connectivity index (χ3v) is 6.06. The average Bonchev–Trinajstić information content (AvgIpc) is 2.80. The Labute approximate surface area is 201 Å². The van der Waals surface area contributed by atoms with Crippen LogP contribution in [0.3, 0.4) is 0 Å². The Hall–Kier alpha value is -1.05. The Morgan fingerprint density at radius 2 is 0.906 bits per heavy atom. The molecule has 0 fully saturated rings. The van der Waals surface area contributed by atoms with Gasteiger partial charge in [-0.1, -0.05) is 115 Å². The van der Waals surface area contributed by atoms with Crippen molar-refractivity contribution in [1.82, 2.24) is 0 Å². The molecule has 0 amide bonds. The van der Waals surface area contributed by atoms with E-state index in [1.807, 2.05) is 0 Å². The van der Waals surface area contributed by atoms with E-state index in [2.05, 4.69) is 38.2 Å². The Bertz CT molecular complexity index is 425. The van der Waals surface area contributed by atoms with Gasteiger partial charge in [0.2, 0.25) is 0 Å². The maximum atomic E-state index is 11.8. The summed E-state index contributed by atoms with van der Waals surface area (Å²) in [6.07, 6.45) is 36.4. The Morgan fingerprint density at radius 1 is 0.500 bits per heavy atom. The zero-order valence-corrected chi connectivity index (χ0v) is 21.9. The van der Waals surface area contributed by atoms with Crippen molar-refractivity contribution in [3.63, 3.8) is 0 Å². The van der Waals surface area contributed by atoms with Crippen molar-refractivity contribution < 1.29 is 9.53 Å². The van der Waals surface area contributed by atoms with Crippen molar-refractivity contribution in [3.05, 3.63) is 24.3 Å². The Kier molecular flexibility index (Phi) is 27.1. The second-order valence-corrected chi connectivity index (χ2v) is 9.37. The van der Waals surface area contributed by atoms with E-state index in [1.165, 1.54) is 116 Å². The number of carbonyl (C=O) groups is 1. The Morgan fingerprint density at radius 3 is 1.44 bits per heavy atom. The molecule has 2 heteroatoms. The zero-order chi connectivity index (χ0) is 23.4. The number of esters is 1. The largest absolute Gasteiger partial charge is 0.466 e. The van der Waals surface area contributed by atoms with Crippen molar-refractivity contribution in [2.24, 2.45) is 0 Å². The van der Waals surface area contributed by atoms with E-state index in [9.17, 15) is 4.79 Å². The second kappa shape index (κ2) is 28.0. The number of ether oxygens (including phenoxy) is 1. The molecule has 0 saturated carbocycles. The van der Waals surface area contributed by atoms with Crippen LogP contribution in [0.1, 0.15) is 155 Å². The molecule has 0 N–H and O–H groups in total. The van der Waals surface area contributed by atoms with Crippen LogP contribution in [-0.2, 0) is 9.53 Å². The van der Waals surface area contributed by atoms with E-state index >= 15 is 0 Å². The fourth-order valence-corrected chi connectivity index (χ4v) is 3.87. The number of carbonyl (C=O) groups excluding carboxylic acids is 1. The van der Waals surface area contributed by atoms with Crippen LogP contribution in [0, 0.1) is 0 Å². The standard InChI is InChI=1S/C30H56O2/c1-3-5-7-9-11-13-15-16-17-19-21-23-25-27-29-32-30(31)28-26-24-22-20-18-14-12-10-8-6-4-2/h10,12-13,15H,3-9,11,14,16-29H2,1-2H3/b12-10-,15-13+. The summed E-state index contributed by atoms with van der Waals surface area (Å²) in [4.78, 5) is 11.8. The highest BCUT2D eigenvalue weighted by Crippen LogP contribution is 2.11. The maximum absolute atomic E-state index is 11.8. The molecule has 2 nitrogen and oxygen atoms in total.